The molecule has 1 aromatic rings. The van der Waals surface area contributed by atoms with Crippen LogP contribution in [0.3, 0.4) is 0 Å². The van der Waals surface area contributed by atoms with Gasteiger partial charge < -0.3 is 10.1 Å². The van der Waals surface area contributed by atoms with Crippen LogP contribution >= 0.6 is 11.3 Å². The third kappa shape index (κ3) is 2.92. The summed E-state index contributed by atoms with van der Waals surface area (Å²) in [5.74, 6) is 0. The van der Waals surface area contributed by atoms with Crippen molar-refractivity contribution in [1.29, 1.82) is 0 Å². The third-order valence-electron chi connectivity index (χ3n) is 4.25. The molecule has 4 heteroatoms. The Morgan fingerprint density at radius 3 is 3.00 bits per heavy atom. The lowest BCUT2D eigenvalue weighted by Gasteiger charge is -2.32. The van der Waals surface area contributed by atoms with Gasteiger partial charge in [0.2, 0.25) is 0 Å². The average Bonchev–Trinajstić information content (AvgIpc) is 2.92. The van der Waals surface area contributed by atoms with Crippen molar-refractivity contribution in [2.75, 3.05) is 19.7 Å². The van der Waals surface area contributed by atoms with E-state index in [1.165, 1.54) is 23.4 Å². The van der Waals surface area contributed by atoms with Crippen molar-refractivity contribution in [2.24, 2.45) is 5.41 Å². The monoisotopic (exact) mass is 268 g/mol. The highest BCUT2D eigenvalue weighted by Gasteiger charge is 2.40. The minimum Gasteiger partial charge on any atom is -0.378 e. The molecule has 0 saturated carbocycles. The summed E-state index contributed by atoms with van der Waals surface area (Å²) in [6, 6.07) is 0. The Morgan fingerprint density at radius 1 is 1.61 bits per heavy atom. The number of rotatable bonds is 6. The number of nitrogens with one attached hydrogen (secondary N) is 1. The van der Waals surface area contributed by atoms with E-state index in [0.717, 1.165) is 26.1 Å². The van der Waals surface area contributed by atoms with Crippen LogP contribution in [0.25, 0.3) is 0 Å². The summed E-state index contributed by atoms with van der Waals surface area (Å²) in [6.45, 7) is 9.52. The van der Waals surface area contributed by atoms with Gasteiger partial charge in [-0.2, -0.15) is 0 Å². The van der Waals surface area contributed by atoms with E-state index in [4.69, 9.17) is 4.74 Å². The first-order valence-electron chi connectivity index (χ1n) is 6.89. The average molecular weight is 268 g/mol. The Morgan fingerprint density at radius 2 is 2.44 bits per heavy atom. The molecular weight excluding hydrogens is 244 g/mol. The first-order valence-corrected chi connectivity index (χ1v) is 7.77. The highest BCUT2D eigenvalue weighted by atomic mass is 32.1. The molecule has 2 heterocycles. The summed E-state index contributed by atoms with van der Waals surface area (Å²) >= 11 is 1.78. The largest absolute Gasteiger partial charge is 0.378 e. The number of ether oxygens (including phenoxy) is 1. The van der Waals surface area contributed by atoms with Crippen molar-refractivity contribution in [1.82, 2.24) is 10.3 Å². The molecule has 1 aromatic heterocycles. The molecule has 0 aromatic carbocycles. The quantitative estimate of drug-likeness (QED) is 0.861. The van der Waals surface area contributed by atoms with Crippen LogP contribution < -0.4 is 5.32 Å². The molecule has 2 unspecified atom stereocenters. The van der Waals surface area contributed by atoms with Crippen LogP contribution in [-0.2, 0) is 11.2 Å². The van der Waals surface area contributed by atoms with E-state index in [1.54, 1.807) is 11.3 Å². The van der Waals surface area contributed by atoms with Gasteiger partial charge >= 0.3 is 0 Å². The second-order valence-electron chi connectivity index (χ2n) is 5.27. The minimum atomic E-state index is 0.312. The Kier molecular flexibility index (Phi) is 4.76. The molecule has 1 N–H and O–H groups in total. The molecule has 0 radical (unpaired) electrons. The fraction of sp³-hybridized carbons (Fsp3) is 0.786. The SMILES string of the molecule is CCNCC1(CCc2scnc2C)CCOC1C. The number of aromatic nitrogens is 1. The van der Waals surface area contributed by atoms with Crippen molar-refractivity contribution < 1.29 is 4.74 Å². The fourth-order valence-electron chi connectivity index (χ4n) is 2.77. The van der Waals surface area contributed by atoms with E-state index in [1.807, 2.05) is 5.51 Å². The zero-order valence-electron chi connectivity index (χ0n) is 11.7. The van der Waals surface area contributed by atoms with Gasteiger partial charge in [0.1, 0.15) is 0 Å². The molecule has 2 rings (SSSR count). The van der Waals surface area contributed by atoms with Crippen LogP contribution in [0.5, 0.6) is 0 Å². The molecule has 1 aliphatic rings. The Balaban J connectivity index is 1.99. The number of hydrogen-bond acceptors (Lipinski definition) is 4. The Labute approximate surface area is 114 Å². The van der Waals surface area contributed by atoms with E-state index >= 15 is 0 Å². The van der Waals surface area contributed by atoms with Gasteiger partial charge in [-0.25, -0.2) is 4.98 Å². The lowest BCUT2D eigenvalue weighted by Crippen LogP contribution is -2.39. The van der Waals surface area contributed by atoms with Crippen LogP contribution in [0, 0.1) is 12.3 Å². The topological polar surface area (TPSA) is 34.2 Å². The van der Waals surface area contributed by atoms with Gasteiger partial charge in [-0.15, -0.1) is 11.3 Å². The lowest BCUT2D eigenvalue weighted by molar-refractivity contribution is 0.0590. The second kappa shape index (κ2) is 6.13. The summed E-state index contributed by atoms with van der Waals surface area (Å²) in [5, 5.41) is 3.51. The standard InChI is InChI=1S/C14H24N2OS/c1-4-15-9-14(7-8-17-12(14)3)6-5-13-11(2)16-10-18-13/h10,12,15H,4-9H2,1-3H3. The normalized spacial score (nSPS) is 27.8. The summed E-state index contributed by atoms with van der Waals surface area (Å²) in [6.07, 6.45) is 3.88. The first-order chi connectivity index (χ1) is 8.68. The van der Waals surface area contributed by atoms with E-state index in [9.17, 15) is 0 Å². The van der Waals surface area contributed by atoms with E-state index in [2.05, 4.69) is 31.1 Å². The van der Waals surface area contributed by atoms with Gasteiger partial charge in [0.15, 0.2) is 0 Å². The second-order valence-corrected chi connectivity index (χ2v) is 6.21. The molecule has 2 atom stereocenters. The zero-order chi connectivity index (χ0) is 13.0. The summed E-state index contributed by atoms with van der Waals surface area (Å²) in [7, 11) is 0. The van der Waals surface area contributed by atoms with Crippen molar-refractivity contribution in [3.8, 4) is 0 Å². The van der Waals surface area contributed by atoms with Gasteiger partial charge in [0.25, 0.3) is 0 Å². The maximum Gasteiger partial charge on any atom is 0.0797 e. The van der Waals surface area contributed by atoms with Crippen molar-refractivity contribution in [3.63, 3.8) is 0 Å². The van der Waals surface area contributed by atoms with Crippen LogP contribution in [0.4, 0.5) is 0 Å². The Hall–Kier alpha value is -0.450. The molecule has 0 aliphatic carbocycles. The summed E-state index contributed by atoms with van der Waals surface area (Å²) < 4.78 is 5.81. The summed E-state index contributed by atoms with van der Waals surface area (Å²) in [4.78, 5) is 5.77. The van der Waals surface area contributed by atoms with E-state index in [0.29, 0.717) is 11.5 Å². The predicted octanol–water partition coefficient (Wildman–Crippen LogP) is 2.79. The maximum atomic E-state index is 5.81. The molecule has 0 spiro atoms. The van der Waals surface area contributed by atoms with Gasteiger partial charge in [-0.1, -0.05) is 6.92 Å². The molecule has 102 valence electrons. The first kappa shape index (κ1) is 14.0. The molecule has 1 fully saturated rings. The molecule has 1 aliphatic heterocycles. The minimum absolute atomic E-state index is 0.312. The van der Waals surface area contributed by atoms with Gasteiger partial charge in [0, 0.05) is 23.4 Å². The van der Waals surface area contributed by atoms with Crippen LogP contribution in [0.1, 0.15) is 37.3 Å². The molecule has 1 saturated heterocycles. The van der Waals surface area contributed by atoms with Gasteiger partial charge in [-0.05, 0) is 39.7 Å². The highest BCUT2D eigenvalue weighted by Crippen LogP contribution is 2.39. The van der Waals surface area contributed by atoms with Crippen LogP contribution in [-0.4, -0.2) is 30.8 Å². The molecule has 18 heavy (non-hydrogen) atoms. The lowest BCUT2D eigenvalue weighted by atomic mass is 9.77. The molecule has 0 bridgehead atoms. The predicted molar refractivity (Wildman–Crippen MR) is 76.2 cm³/mol. The van der Waals surface area contributed by atoms with Gasteiger partial charge in [0.05, 0.1) is 17.3 Å². The van der Waals surface area contributed by atoms with E-state index < -0.39 is 0 Å². The maximum absolute atomic E-state index is 5.81. The van der Waals surface area contributed by atoms with E-state index in [-0.39, 0.29) is 0 Å². The third-order valence-corrected chi connectivity index (χ3v) is 5.25. The van der Waals surface area contributed by atoms with Crippen LogP contribution in [0.15, 0.2) is 5.51 Å². The number of thiazole rings is 1. The summed E-state index contributed by atoms with van der Waals surface area (Å²) in [5.41, 5.74) is 3.47. The van der Waals surface area contributed by atoms with Gasteiger partial charge in [-0.3, -0.25) is 0 Å². The van der Waals surface area contributed by atoms with Crippen molar-refractivity contribution in [3.05, 3.63) is 16.1 Å². The number of aryl methyl sites for hydroxylation is 2. The number of nitrogens with zero attached hydrogens (tertiary/aromatic N) is 1. The Bertz CT molecular complexity index is 380. The van der Waals surface area contributed by atoms with Crippen LogP contribution in [0.2, 0.25) is 0 Å². The molecular formula is C14H24N2OS. The number of hydrogen-bond donors (Lipinski definition) is 1. The molecule has 3 nitrogen and oxygen atoms in total. The molecule has 0 amide bonds. The van der Waals surface area contributed by atoms with Crippen molar-refractivity contribution >= 4 is 11.3 Å². The van der Waals surface area contributed by atoms with Crippen molar-refractivity contribution in [2.45, 2.75) is 46.1 Å². The fourth-order valence-corrected chi connectivity index (χ4v) is 3.55. The zero-order valence-corrected chi connectivity index (χ0v) is 12.5. The highest BCUT2D eigenvalue weighted by molar-refractivity contribution is 7.09. The smallest absolute Gasteiger partial charge is 0.0797 e.